The van der Waals surface area contributed by atoms with E-state index in [2.05, 4.69) is 20.9 Å². The summed E-state index contributed by atoms with van der Waals surface area (Å²) in [6.45, 7) is 0. The average molecular weight is 597 g/mol. The molecule has 0 saturated carbocycles. The SMILES string of the molecule is COc1ccc(/C(O)=C2\C(=O)C(=O)N(c3nc4ccc(OC)cc4s3)C2c2cc(Br)c(O)c(OC)c2)cc1. The number of aliphatic hydroxyl groups is 1. The van der Waals surface area contributed by atoms with Crippen molar-refractivity contribution in [1.29, 1.82) is 0 Å². The third-order valence-electron chi connectivity index (χ3n) is 6.18. The molecule has 1 amide bonds. The van der Waals surface area contributed by atoms with Gasteiger partial charge in [0.1, 0.15) is 17.3 Å². The maximum absolute atomic E-state index is 13.5. The lowest BCUT2D eigenvalue weighted by atomic mass is 9.95. The van der Waals surface area contributed by atoms with Crippen LogP contribution in [0.2, 0.25) is 0 Å². The van der Waals surface area contributed by atoms with Crippen molar-refractivity contribution < 1.29 is 34.0 Å². The Labute approximate surface area is 229 Å². The van der Waals surface area contributed by atoms with Crippen molar-refractivity contribution in [3.8, 4) is 23.0 Å². The van der Waals surface area contributed by atoms with E-state index in [1.54, 1.807) is 55.6 Å². The van der Waals surface area contributed by atoms with Crippen LogP contribution in [0, 0.1) is 0 Å². The summed E-state index contributed by atoms with van der Waals surface area (Å²) in [4.78, 5) is 32.8. The minimum absolute atomic E-state index is 0.124. The van der Waals surface area contributed by atoms with Gasteiger partial charge in [-0.15, -0.1) is 0 Å². The van der Waals surface area contributed by atoms with E-state index >= 15 is 0 Å². The number of Topliss-reactive ketones (excluding diaryl/α,β-unsaturated/α-hetero) is 1. The first-order valence-electron chi connectivity index (χ1n) is 11.2. The smallest absolute Gasteiger partial charge is 0.301 e. The molecule has 0 radical (unpaired) electrons. The van der Waals surface area contributed by atoms with Crippen LogP contribution in [-0.2, 0) is 9.59 Å². The maximum atomic E-state index is 13.5. The first-order chi connectivity index (χ1) is 18.3. The van der Waals surface area contributed by atoms with Crippen molar-refractivity contribution >= 4 is 60.1 Å². The first-order valence-corrected chi connectivity index (χ1v) is 12.8. The quantitative estimate of drug-likeness (QED) is 0.172. The van der Waals surface area contributed by atoms with Gasteiger partial charge in [0.15, 0.2) is 16.6 Å². The van der Waals surface area contributed by atoms with Gasteiger partial charge in [0, 0.05) is 5.56 Å². The molecule has 0 bridgehead atoms. The van der Waals surface area contributed by atoms with Gasteiger partial charge in [-0.2, -0.15) is 0 Å². The molecule has 0 aliphatic carbocycles. The summed E-state index contributed by atoms with van der Waals surface area (Å²) >= 11 is 4.52. The van der Waals surface area contributed by atoms with Crippen LogP contribution >= 0.6 is 27.3 Å². The molecule has 9 nitrogen and oxygen atoms in total. The molecule has 1 unspecified atom stereocenters. The number of aliphatic hydroxyl groups excluding tert-OH is 1. The second-order valence-electron chi connectivity index (χ2n) is 8.28. The van der Waals surface area contributed by atoms with E-state index in [9.17, 15) is 19.8 Å². The lowest BCUT2D eigenvalue weighted by Gasteiger charge is -2.24. The van der Waals surface area contributed by atoms with Crippen LogP contribution in [0.15, 0.2) is 64.6 Å². The van der Waals surface area contributed by atoms with Gasteiger partial charge in [-0.3, -0.25) is 14.5 Å². The third kappa shape index (κ3) is 4.23. The lowest BCUT2D eigenvalue weighted by Crippen LogP contribution is -2.29. The number of aromatic hydroxyl groups is 1. The Hall–Kier alpha value is -4.09. The number of ketones is 1. The fourth-order valence-corrected chi connectivity index (χ4v) is 5.76. The maximum Gasteiger partial charge on any atom is 0.301 e. The van der Waals surface area contributed by atoms with E-state index in [0.29, 0.717) is 28.1 Å². The van der Waals surface area contributed by atoms with Crippen molar-refractivity contribution in [2.24, 2.45) is 0 Å². The molecule has 3 aromatic carbocycles. The van der Waals surface area contributed by atoms with Crippen LogP contribution in [0.5, 0.6) is 23.0 Å². The Morgan fingerprint density at radius 2 is 1.66 bits per heavy atom. The molecule has 1 fully saturated rings. The number of methoxy groups -OCH3 is 3. The highest BCUT2D eigenvalue weighted by molar-refractivity contribution is 9.10. The predicted molar refractivity (Wildman–Crippen MR) is 146 cm³/mol. The second-order valence-corrected chi connectivity index (χ2v) is 10.1. The van der Waals surface area contributed by atoms with E-state index in [1.807, 2.05) is 0 Å². The van der Waals surface area contributed by atoms with Gasteiger partial charge in [0.25, 0.3) is 5.78 Å². The molecule has 1 aliphatic rings. The molecule has 4 aromatic rings. The molecule has 2 heterocycles. The normalized spacial score (nSPS) is 16.7. The molecule has 1 aromatic heterocycles. The van der Waals surface area contributed by atoms with E-state index in [0.717, 1.165) is 4.70 Å². The van der Waals surface area contributed by atoms with E-state index in [1.165, 1.54) is 36.5 Å². The van der Waals surface area contributed by atoms with E-state index in [-0.39, 0.29) is 32.4 Å². The molecule has 5 rings (SSSR count). The highest BCUT2D eigenvalue weighted by Crippen LogP contribution is 2.47. The number of halogens is 1. The van der Waals surface area contributed by atoms with Gasteiger partial charge in [0.05, 0.1) is 47.6 Å². The second kappa shape index (κ2) is 9.99. The van der Waals surface area contributed by atoms with Gasteiger partial charge >= 0.3 is 5.91 Å². The summed E-state index contributed by atoms with van der Waals surface area (Å²) in [5.74, 6) is -0.908. The zero-order valence-corrected chi connectivity index (χ0v) is 22.8. The molecule has 1 aliphatic heterocycles. The van der Waals surface area contributed by atoms with E-state index in [4.69, 9.17) is 14.2 Å². The predicted octanol–water partition coefficient (Wildman–Crippen LogP) is 5.42. The lowest BCUT2D eigenvalue weighted by molar-refractivity contribution is -0.132. The highest BCUT2D eigenvalue weighted by atomic mass is 79.9. The van der Waals surface area contributed by atoms with Crippen molar-refractivity contribution in [1.82, 2.24) is 4.98 Å². The first kappa shape index (κ1) is 25.6. The minimum Gasteiger partial charge on any atom is -0.507 e. The molecule has 194 valence electrons. The van der Waals surface area contributed by atoms with Gasteiger partial charge in [-0.1, -0.05) is 11.3 Å². The average Bonchev–Trinajstić information content (AvgIpc) is 3.47. The van der Waals surface area contributed by atoms with Crippen LogP contribution < -0.4 is 19.1 Å². The number of carbonyl (C=O) groups excluding carboxylic acids is 2. The number of phenols is 1. The fourth-order valence-electron chi connectivity index (χ4n) is 4.28. The highest BCUT2D eigenvalue weighted by Gasteiger charge is 2.48. The topological polar surface area (TPSA) is 118 Å². The number of aromatic nitrogens is 1. The molecular weight excluding hydrogens is 576 g/mol. The van der Waals surface area contributed by atoms with Crippen molar-refractivity contribution in [3.63, 3.8) is 0 Å². The van der Waals surface area contributed by atoms with Crippen LogP contribution in [0.3, 0.4) is 0 Å². The number of anilines is 1. The van der Waals surface area contributed by atoms with Gasteiger partial charge < -0.3 is 24.4 Å². The molecule has 11 heteroatoms. The van der Waals surface area contributed by atoms with Gasteiger partial charge in [0.2, 0.25) is 0 Å². The minimum atomic E-state index is -1.06. The van der Waals surface area contributed by atoms with Crippen molar-refractivity contribution in [3.05, 3.63) is 75.8 Å². The summed E-state index contributed by atoms with van der Waals surface area (Å²) in [5.41, 5.74) is 1.23. The van der Waals surface area contributed by atoms with Crippen molar-refractivity contribution in [2.45, 2.75) is 6.04 Å². The molecule has 2 N–H and O–H groups in total. The van der Waals surface area contributed by atoms with Gasteiger partial charge in [-0.25, -0.2) is 4.98 Å². The van der Waals surface area contributed by atoms with Crippen LogP contribution in [-0.4, -0.2) is 48.2 Å². The molecule has 1 saturated heterocycles. The number of thiazole rings is 1. The molecular formula is C27H21BrN2O7S. The number of nitrogens with zero attached hydrogens (tertiary/aromatic N) is 2. The summed E-state index contributed by atoms with van der Waals surface area (Å²) in [5, 5.41) is 22.0. The zero-order chi connectivity index (χ0) is 27.1. The number of hydrogen-bond acceptors (Lipinski definition) is 9. The Balaban J connectivity index is 1.75. The monoisotopic (exact) mass is 596 g/mol. The van der Waals surface area contributed by atoms with Gasteiger partial charge in [-0.05, 0) is 76.1 Å². The van der Waals surface area contributed by atoms with E-state index < -0.39 is 17.7 Å². The van der Waals surface area contributed by atoms with Crippen LogP contribution in [0.4, 0.5) is 5.13 Å². The number of benzene rings is 3. The number of amides is 1. The van der Waals surface area contributed by atoms with Crippen molar-refractivity contribution in [2.75, 3.05) is 26.2 Å². The zero-order valence-electron chi connectivity index (χ0n) is 20.4. The number of ether oxygens (including phenoxy) is 3. The number of hydrogen-bond donors (Lipinski definition) is 2. The Bertz CT molecular complexity index is 1610. The molecule has 38 heavy (non-hydrogen) atoms. The number of rotatable bonds is 6. The van der Waals surface area contributed by atoms with Crippen LogP contribution in [0.25, 0.3) is 16.0 Å². The Kier molecular flexibility index (Phi) is 6.72. The number of carbonyl (C=O) groups is 2. The largest absolute Gasteiger partial charge is 0.507 e. The third-order valence-corrected chi connectivity index (χ3v) is 7.81. The molecule has 0 spiro atoms. The standard InChI is InChI=1S/C27H21BrN2O7S/c1-35-15-6-4-13(5-7-15)23(31)21-22(14-10-17(28)24(32)19(11-14)37-3)30(26(34)25(21)33)27-29-18-9-8-16(36-2)12-20(18)38-27/h4-12,22,31-32H,1-3H3/b23-21+. The fraction of sp³-hybridized carbons (Fsp3) is 0.148. The Morgan fingerprint density at radius 1 is 0.974 bits per heavy atom. The summed E-state index contributed by atoms with van der Waals surface area (Å²) in [7, 11) is 4.46. The summed E-state index contributed by atoms with van der Waals surface area (Å²) in [6, 6.07) is 13.8. The summed E-state index contributed by atoms with van der Waals surface area (Å²) in [6.07, 6.45) is 0. The number of phenolic OH excluding ortho intramolecular Hbond substituents is 1. The Morgan fingerprint density at radius 3 is 2.32 bits per heavy atom. The number of fused-ring (bicyclic) bond motifs is 1. The molecule has 1 atom stereocenters. The van der Waals surface area contributed by atoms with Crippen LogP contribution in [0.1, 0.15) is 17.2 Å². The summed E-state index contributed by atoms with van der Waals surface area (Å²) < 4.78 is 16.8.